The highest BCUT2D eigenvalue weighted by atomic mass is 32.1. The van der Waals surface area contributed by atoms with Gasteiger partial charge in [-0.3, -0.25) is 0 Å². The maximum atomic E-state index is 5.20. The minimum Gasteiger partial charge on any atom is -0.344 e. The molecule has 0 saturated carbocycles. The fourth-order valence-electron chi connectivity index (χ4n) is 7.64. The van der Waals surface area contributed by atoms with Crippen molar-refractivity contribution in [2.45, 2.75) is 6.17 Å². The van der Waals surface area contributed by atoms with Crippen molar-refractivity contribution >= 4 is 74.8 Å². The van der Waals surface area contributed by atoms with Crippen LogP contribution >= 0.6 is 22.7 Å². The Balaban J connectivity index is 1.00. The number of hydrogen-bond donors (Lipinski definition) is 1. The highest BCUT2D eigenvalue weighted by Gasteiger charge is 2.22. The van der Waals surface area contributed by atoms with Gasteiger partial charge in [-0.25, -0.2) is 20.0 Å². The van der Waals surface area contributed by atoms with Gasteiger partial charge in [0.25, 0.3) is 0 Å². The van der Waals surface area contributed by atoms with Crippen LogP contribution in [0.15, 0.2) is 186 Å². The molecule has 3 aromatic heterocycles. The average molecular weight is 754 g/mol. The second-order valence-electron chi connectivity index (χ2n) is 13.8. The molecule has 1 aliphatic rings. The fraction of sp³-hybridized carbons (Fsp3) is 0.0204. The number of rotatable bonds is 6. The summed E-state index contributed by atoms with van der Waals surface area (Å²) in [6, 6.07) is 61.5. The van der Waals surface area contributed by atoms with E-state index in [1.165, 1.54) is 30.4 Å². The second-order valence-corrected chi connectivity index (χ2v) is 16.0. The van der Waals surface area contributed by atoms with Crippen LogP contribution < -0.4 is 5.32 Å². The van der Waals surface area contributed by atoms with E-state index in [1.807, 2.05) is 41.7 Å². The molecule has 7 heteroatoms. The largest absolute Gasteiger partial charge is 0.344 e. The summed E-state index contributed by atoms with van der Waals surface area (Å²) in [6.45, 7) is 0. The van der Waals surface area contributed by atoms with Crippen LogP contribution in [0.5, 0.6) is 0 Å². The highest BCUT2D eigenvalue weighted by molar-refractivity contribution is 7.26. The molecule has 7 aromatic carbocycles. The molecule has 10 aromatic rings. The Morgan fingerprint density at radius 3 is 1.95 bits per heavy atom. The van der Waals surface area contributed by atoms with Crippen molar-refractivity contribution in [2.75, 3.05) is 0 Å². The zero-order chi connectivity index (χ0) is 37.0. The third kappa shape index (κ3) is 5.68. The number of benzene rings is 7. The van der Waals surface area contributed by atoms with E-state index in [2.05, 4.69) is 151 Å². The molecule has 264 valence electrons. The minimum absolute atomic E-state index is 0.255. The summed E-state index contributed by atoms with van der Waals surface area (Å²) in [6.07, 6.45) is -0.255. The first-order chi connectivity index (χ1) is 27.7. The Morgan fingerprint density at radius 2 is 1.14 bits per heavy atom. The standard InChI is InChI=1S/C49H31N5S2/c1-4-13-31(14-5-1)43-45-44(37-19-10-11-21-39(37)56-45)51-46(50-43)34-25-23-30(24-26-34)36-20-12-22-41-42(36)38-29-35(27-28-40(38)55-41)49-53-47(32-15-6-2-7-16-32)52-48(54-49)33-17-8-3-9-18-33/h1-29,47H,(H,52,53,54). The molecule has 0 saturated heterocycles. The number of aliphatic imine (C=N–C) groups is 2. The van der Waals surface area contributed by atoms with Crippen LogP contribution in [0.1, 0.15) is 22.9 Å². The lowest BCUT2D eigenvalue weighted by molar-refractivity contribution is 0.674. The number of fused-ring (bicyclic) bond motifs is 6. The van der Waals surface area contributed by atoms with E-state index in [9.17, 15) is 0 Å². The molecular weight excluding hydrogens is 723 g/mol. The molecule has 5 nitrogen and oxygen atoms in total. The predicted molar refractivity (Wildman–Crippen MR) is 236 cm³/mol. The van der Waals surface area contributed by atoms with Crippen molar-refractivity contribution in [3.05, 3.63) is 193 Å². The molecule has 0 radical (unpaired) electrons. The Morgan fingerprint density at radius 1 is 0.482 bits per heavy atom. The SMILES string of the molecule is c1ccc(C2=NC(c3ccccc3)NC(c3ccc4sc5cccc(-c6ccc(-c7nc(-c8ccccc8)c8sc9ccccc9c8n7)cc6)c5c4c3)=N2)cc1. The van der Waals surface area contributed by atoms with Gasteiger partial charge in [-0.05, 0) is 47.0 Å². The lowest BCUT2D eigenvalue weighted by atomic mass is 9.97. The van der Waals surface area contributed by atoms with Gasteiger partial charge in [0.15, 0.2) is 11.7 Å². The van der Waals surface area contributed by atoms with Crippen molar-refractivity contribution in [1.29, 1.82) is 0 Å². The minimum atomic E-state index is -0.255. The Labute approximate surface area is 331 Å². The van der Waals surface area contributed by atoms with E-state index in [1.54, 1.807) is 11.3 Å². The van der Waals surface area contributed by atoms with Gasteiger partial charge in [-0.1, -0.05) is 146 Å². The molecule has 0 aliphatic carbocycles. The van der Waals surface area contributed by atoms with Crippen molar-refractivity contribution in [1.82, 2.24) is 15.3 Å². The van der Waals surface area contributed by atoms with Gasteiger partial charge in [-0.2, -0.15) is 0 Å². The van der Waals surface area contributed by atoms with E-state index in [0.717, 1.165) is 72.2 Å². The van der Waals surface area contributed by atoms with Crippen LogP contribution in [0.3, 0.4) is 0 Å². The lowest BCUT2D eigenvalue weighted by Gasteiger charge is -2.23. The number of nitrogens with zero attached hydrogens (tertiary/aromatic N) is 4. The maximum Gasteiger partial charge on any atom is 0.160 e. The molecule has 11 rings (SSSR count). The Hall–Kier alpha value is -6.80. The number of aromatic nitrogens is 2. The second kappa shape index (κ2) is 13.5. The van der Waals surface area contributed by atoms with E-state index in [-0.39, 0.29) is 6.17 Å². The predicted octanol–water partition coefficient (Wildman–Crippen LogP) is 12.7. The van der Waals surface area contributed by atoms with Crippen molar-refractivity contribution in [3.63, 3.8) is 0 Å². The van der Waals surface area contributed by atoms with Crippen molar-refractivity contribution in [2.24, 2.45) is 9.98 Å². The molecular formula is C49H31N5S2. The maximum absolute atomic E-state index is 5.20. The molecule has 0 bridgehead atoms. The molecule has 56 heavy (non-hydrogen) atoms. The van der Waals surface area contributed by atoms with Crippen LogP contribution in [0.25, 0.3) is 74.2 Å². The zero-order valence-electron chi connectivity index (χ0n) is 29.9. The van der Waals surface area contributed by atoms with Gasteiger partial charge in [0.1, 0.15) is 12.0 Å². The summed E-state index contributed by atoms with van der Waals surface area (Å²) in [4.78, 5) is 20.5. The highest BCUT2D eigenvalue weighted by Crippen LogP contribution is 2.42. The lowest BCUT2D eigenvalue weighted by Crippen LogP contribution is -2.33. The molecule has 0 fully saturated rings. The third-order valence-electron chi connectivity index (χ3n) is 10.4. The van der Waals surface area contributed by atoms with Crippen LogP contribution in [-0.2, 0) is 0 Å². The molecule has 1 aliphatic heterocycles. The third-order valence-corrected chi connectivity index (χ3v) is 12.7. The molecule has 0 spiro atoms. The smallest absolute Gasteiger partial charge is 0.160 e. The van der Waals surface area contributed by atoms with Crippen LogP contribution in [-0.4, -0.2) is 21.6 Å². The topological polar surface area (TPSA) is 62.5 Å². The summed E-state index contributed by atoms with van der Waals surface area (Å²) >= 11 is 3.58. The summed E-state index contributed by atoms with van der Waals surface area (Å²) in [5.41, 5.74) is 9.48. The number of thiophene rings is 2. The number of hydrogen-bond acceptors (Lipinski definition) is 7. The Bertz CT molecular complexity index is 3150. The van der Waals surface area contributed by atoms with E-state index >= 15 is 0 Å². The first-order valence-electron chi connectivity index (χ1n) is 18.6. The van der Waals surface area contributed by atoms with Crippen molar-refractivity contribution in [3.8, 4) is 33.8 Å². The average Bonchev–Trinajstić information content (AvgIpc) is 3.85. The van der Waals surface area contributed by atoms with Gasteiger partial charge in [0.05, 0.1) is 15.9 Å². The van der Waals surface area contributed by atoms with Crippen molar-refractivity contribution < 1.29 is 0 Å². The van der Waals surface area contributed by atoms with Crippen LogP contribution in [0.4, 0.5) is 0 Å². The number of nitrogens with one attached hydrogen (secondary N) is 1. The Kier molecular flexibility index (Phi) is 7.86. The molecule has 1 unspecified atom stereocenters. The number of amidine groups is 2. The molecule has 1 atom stereocenters. The van der Waals surface area contributed by atoms with Gasteiger partial charge >= 0.3 is 0 Å². The van der Waals surface area contributed by atoms with Crippen LogP contribution in [0, 0.1) is 0 Å². The molecule has 1 N–H and O–H groups in total. The summed E-state index contributed by atoms with van der Waals surface area (Å²) in [7, 11) is 0. The molecule has 4 heterocycles. The summed E-state index contributed by atoms with van der Waals surface area (Å²) in [5.74, 6) is 2.25. The first-order valence-corrected chi connectivity index (χ1v) is 20.2. The summed E-state index contributed by atoms with van der Waals surface area (Å²) in [5, 5.41) is 7.25. The zero-order valence-corrected chi connectivity index (χ0v) is 31.6. The van der Waals surface area contributed by atoms with Gasteiger partial charge in [-0.15, -0.1) is 22.7 Å². The van der Waals surface area contributed by atoms with Gasteiger partial charge in [0, 0.05) is 52.5 Å². The first kappa shape index (κ1) is 32.6. The molecule has 0 amide bonds. The van der Waals surface area contributed by atoms with E-state index in [4.69, 9.17) is 20.0 Å². The van der Waals surface area contributed by atoms with Gasteiger partial charge < -0.3 is 5.32 Å². The van der Waals surface area contributed by atoms with E-state index in [0.29, 0.717) is 0 Å². The monoisotopic (exact) mass is 753 g/mol. The van der Waals surface area contributed by atoms with Crippen LogP contribution in [0.2, 0.25) is 0 Å². The normalized spacial score (nSPS) is 14.2. The van der Waals surface area contributed by atoms with Gasteiger partial charge in [0.2, 0.25) is 0 Å². The summed E-state index contributed by atoms with van der Waals surface area (Å²) < 4.78 is 4.81. The fourth-order valence-corrected chi connectivity index (χ4v) is 9.91. The van der Waals surface area contributed by atoms with E-state index < -0.39 is 0 Å². The quantitative estimate of drug-likeness (QED) is 0.184.